The zero-order valence-corrected chi connectivity index (χ0v) is 11.5. The molecule has 0 bridgehead atoms. The van der Waals surface area contributed by atoms with Crippen molar-refractivity contribution in [1.82, 2.24) is 9.78 Å². The van der Waals surface area contributed by atoms with Crippen LogP contribution in [0.4, 0.5) is 0 Å². The minimum Gasteiger partial charge on any atom is -0.388 e. The molecule has 0 spiro atoms. The smallest absolute Gasteiger partial charge is 0.0842 e. The number of hydrogen-bond acceptors (Lipinski definition) is 2. The summed E-state index contributed by atoms with van der Waals surface area (Å²) in [6.07, 6.45) is 3.78. The summed E-state index contributed by atoms with van der Waals surface area (Å²) in [5.41, 5.74) is 3.11. The molecule has 0 saturated carbocycles. The van der Waals surface area contributed by atoms with Crippen LogP contribution in [0.5, 0.6) is 0 Å². The summed E-state index contributed by atoms with van der Waals surface area (Å²) in [6.45, 7) is 2.02. The van der Waals surface area contributed by atoms with Gasteiger partial charge in [0, 0.05) is 24.1 Å². The van der Waals surface area contributed by atoms with Crippen LogP contribution in [0.3, 0.4) is 0 Å². The molecule has 0 amide bonds. The molecule has 17 heavy (non-hydrogen) atoms. The summed E-state index contributed by atoms with van der Waals surface area (Å²) in [6, 6.07) is 5.99. The van der Waals surface area contributed by atoms with Crippen LogP contribution in [-0.2, 0) is 13.5 Å². The minimum absolute atomic E-state index is 0.506. The number of aliphatic hydroxyl groups excluding tert-OH is 1. The van der Waals surface area contributed by atoms with Crippen LogP contribution >= 0.6 is 15.9 Å². The number of halogens is 1. The molecule has 0 aliphatic carbocycles. The van der Waals surface area contributed by atoms with Gasteiger partial charge < -0.3 is 5.11 Å². The molecule has 2 aromatic rings. The first-order valence-corrected chi connectivity index (χ1v) is 6.27. The van der Waals surface area contributed by atoms with Crippen molar-refractivity contribution in [1.29, 1.82) is 0 Å². The summed E-state index contributed by atoms with van der Waals surface area (Å²) in [5, 5.41) is 14.3. The molecule has 4 heteroatoms. The van der Waals surface area contributed by atoms with Gasteiger partial charge in [-0.05, 0) is 24.1 Å². The van der Waals surface area contributed by atoms with E-state index in [1.165, 1.54) is 0 Å². The lowest BCUT2D eigenvalue weighted by Gasteiger charge is -2.12. The fourth-order valence-electron chi connectivity index (χ4n) is 1.83. The van der Waals surface area contributed by atoms with Crippen LogP contribution in [0.2, 0.25) is 0 Å². The summed E-state index contributed by atoms with van der Waals surface area (Å²) >= 11 is 3.47. The van der Waals surface area contributed by atoms with Crippen LogP contribution in [0.25, 0.3) is 0 Å². The Morgan fingerprint density at radius 3 is 2.88 bits per heavy atom. The van der Waals surface area contributed by atoms with Gasteiger partial charge in [-0.15, -0.1) is 0 Å². The van der Waals surface area contributed by atoms with Crippen molar-refractivity contribution in [3.63, 3.8) is 0 Å². The maximum absolute atomic E-state index is 10.2. The summed E-state index contributed by atoms with van der Waals surface area (Å²) in [7, 11) is 1.87. The van der Waals surface area contributed by atoms with Gasteiger partial charge in [0.2, 0.25) is 0 Å². The quantitative estimate of drug-likeness (QED) is 0.945. The molecule has 1 unspecified atom stereocenters. The van der Waals surface area contributed by atoms with Crippen molar-refractivity contribution in [2.75, 3.05) is 0 Å². The lowest BCUT2D eigenvalue weighted by Crippen LogP contribution is -2.02. The van der Waals surface area contributed by atoms with E-state index in [-0.39, 0.29) is 0 Å². The Labute approximate surface area is 109 Å². The van der Waals surface area contributed by atoms with E-state index in [0.717, 1.165) is 21.2 Å². The monoisotopic (exact) mass is 294 g/mol. The Kier molecular flexibility index (Phi) is 3.64. The molecule has 1 aromatic carbocycles. The topological polar surface area (TPSA) is 38.1 Å². The molecule has 1 N–H and O–H groups in total. The number of aliphatic hydroxyl groups is 1. The third-order valence-corrected chi connectivity index (χ3v) is 3.42. The highest BCUT2D eigenvalue weighted by Gasteiger charge is 2.13. The molecule has 1 aromatic heterocycles. The number of aryl methyl sites for hydroxylation is 2. The van der Waals surface area contributed by atoms with E-state index in [1.54, 1.807) is 10.9 Å². The van der Waals surface area contributed by atoms with Gasteiger partial charge in [-0.1, -0.05) is 33.6 Å². The van der Waals surface area contributed by atoms with Gasteiger partial charge in [0.05, 0.1) is 12.3 Å². The number of aromatic nitrogens is 2. The predicted molar refractivity (Wildman–Crippen MR) is 70.8 cm³/mol. The third kappa shape index (κ3) is 2.96. The van der Waals surface area contributed by atoms with Crippen molar-refractivity contribution in [2.45, 2.75) is 19.4 Å². The van der Waals surface area contributed by atoms with Gasteiger partial charge in [-0.2, -0.15) is 5.10 Å². The van der Waals surface area contributed by atoms with Crippen LogP contribution in [0, 0.1) is 6.92 Å². The first kappa shape index (κ1) is 12.3. The van der Waals surface area contributed by atoms with E-state index in [1.807, 2.05) is 38.4 Å². The lowest BCUT2D eigenvalue weighted by molar-refractivity contribution is 0.177. The molecule has 0 aliphatic heterocycles. The molecule has 3 nitrogen and oxygen atoms in total. The second-order valence-corrected chi connectivity index (χ2v) is 5.12. The highest BCUT2D eigenvalue weighted by molar-refractivity contribution is 9.10. The zero-order valence-electron chi connectivity index (χ0n) is 9.89. The molecule has 2 rings (SSSR count). The molecule has 0 aliphatic rings. The summed E-state index contributed by atoms with van der Waals surface area (Å²) in [4.78, 5) is 0. The summed E-state index contributed by atoms with van der Waals surface area (Å²) < 4.78 is 2.69. The molecular formula is C13H15BrN2O. The van der Waals surface area contributed by atoms with E-state index in [2.05, 4.69) is 21.0 Å². The average Bonchev–Trinajstić information content (AvgIpc) is 2.67. The SMILES string of the molecule is Cc1ccc(Br)c(C(O)Cc2cnn(C)c2)c1. The van der Waals surface area contributed by atoms with Crippen LogP contribution in [-0.4, -0.2) is 14.9 Å². The van der Waals surface area contributed by atoms with Crippen molar-refractivity contribution < 1.29 is 5.11 Å². The van der Waals surface area contributed by atoms with E-state index in [0.29, 0.717) is 6.42 Å². The first-order valence-electron chi connectivity index (χ1n) is 5.48. The molecular weight excluding hydrogens is 280 g/mol. The van der Waals surface area contributed by atoms with Gasteiger partial charge in [0.1, 0.15) is 0 Å². The van der Waals surface area contributed by atoms with Crippen LogP contribution in [0.15, 0.2) is 35.1 Å². The minimum atomic E-state index is -0.506. The first-order chi connectivity index (χ1) is 8.06. The highest BCUT2D eigenvalue weighted by atomic mass is 79.9. The van der Waals surface area contributed by atoms with Crippen LogP contribution < -0.4 is 0 Å². The van der Waals surface area contributed by atoms with E-state index >= 15 is 0 Å². The van der Waals surface area contributed by atoms with Crippen molar-refractivity contribution >= 4 is 15.9 Å². The maximum Gasteiger partial charge on any atom is 0.0842 e. The molecule has 0 fully saturated rings. The van der Waals surface area contributed by atoms with Crippen molar-refractivity contribution in [2.24, 2.45) is 7.05 Å². The standard InChI is InChI=1S/C13H15BrN2O/c1-9-3-4-12(14)11(5-9)13(17)6-10-7-15-16(2)8-10/h3-5,7-8,13,17H,6H2,1-2H3. The molecule has 1 heterocycles. The highest BCUT2D eigenvalue weighted by Crippen LogP contribution is 2.26. The number of rotatable bonds is 3. The molecule has 1 atom stereocenters. The van der Waals surface area contributed by atoms with Gasteiger partial charge in [0.25, 0.3) is 0 Å². The van der Waals surface area contributed by atoms with E-state index in [4.69, 9.17) is 0 Å². The Balaban J connectivity index is 2.19. The second-order valence-electron chi connectivity index (χ2n) is 4.27. The predicted octanol–water partition coefficient (Wildman–Crippen LogP) is 2.77. The van der Waals surface area contributed by atoms with Crippen molar-refractivity contribution in [3.8, 4) is 0 Å². The van der Waals surface area contributed by atoms with Crippen molar-refractivity contribution in [3.05, 3.63) is 51.8 Å². The van der Waals surface area contributed by atoms with Gasteiger partial charge in [0.15, 0.2) is 0 Å². The van der Waals surface area contributed by atoms with Gasteiger partial charge in [-0.25, -0.2) is 0 Å². The van der Waals surface area contributed by atoms with E-state index in [9.17, 15) is 5.11 Å². The summed E-state index contributed by atoms with van der Waals surface area (Å²) in [5.74, 6) is 0. The molecule has 90 valence electrons. The number of hydrogen-bond donors (Lipinski definition) is 1. The Morgan fingerprint density at radius 2 is 2.24 bits per heavy atom. The molecule has 0 radical (unpaired) electrons. The maximum atomic E-state index is 10.2. The Hall–Kier alpha value is -1.13. The fraction of sp³-hybridized carbons (Fsp3) is 0.308. The second kappa shape index (κ2) is 5.02. The van der Waals surface area contributed by atoms with Gasteiger partial charge in [-0.3, -0.25) is 4.68 Å². The zero-order chi connectivity index (χ0) is 12.4. The Morgan fingerprint density at radius 1 is 1.47 bits per heavy atom. The molecule has 0 saturated heterocycles. The normalized spacial score (nSPS) is 12.7. The average molecular weight is 295 g/mol. The number of nitrogens with zero attached hydrogens (tertiary/aromatic N) is 2. The lowest BCUT2D eigenvalue weighted by atomic mass is 10.0. The third-order valence-electron chi connectivity index (χ3n) is 2.70. The Bertz CT molecular complexity index is 522. The fourth-order valence-corrected chi connectivity index (χ4v) is 2.34. The van der Waals surface area contributed by atoms with Gasteiger partial charge >= 0.3 is 0 Å². The van der Waals surface area contributed by atoms with E-state index < -0.39 is 6.10 Å². The van der Waals surface area contributed by atoms with Crippen LogP contribution in [0.1, 0.15) is 22.8 Å². The number of benzene rings is 1. The largest absolute Gasteiger partial charge is 0.388 e.